The molecular formula is C10H11BrClF3N2O. The van der Waals surface area contributed by atoms with Crippen LogP contribution in [0.4, 0.5) is 13.2 Å². The molecule has 0 aliphatic heterocycles. The van der Waals surface area contributed by atoms with Crippen LogP contribution < -0.4 is 11.1 Å². The molecule has 102 valence electrons. The van der Waals surface area contributed by atoms with Crippen LogP contribution in [0.25, 0.3) is 0 Å². The predicted molar refractivity (Wildman–Crippen MR) is 67.7 cm³/mol. The second-order valence-corrected chi connectivity index (χ2v) is 4.28. The standard InChI is InChI=1S/C10H10BrF3N2O.ClH/c11-6-1-2-8(12)7(3-6)9(17)16-5-10(13,14)4-15;/h1-3H,4-5,15H2,(H,16,17);1H. The number of alkyl halides is 2. The summed E-state index contributed by atoms with van der Waals surface area (Å²) in [6.07, 6.45) is 0. The number of rotatable bonds is 4. The summed E-state index contributed by atoms with van der Waals surface area (Å²) in [5.41, 5.74) is 4.50. The van der Waals surface area contributed by atoms with Gasteiger partial charge in [-0.15, -0.1) is 12.4 Å². The minimum atomic E-state index is -3.20. The smallest absolute Gasteiger partial charge is 0.277 e. The molecule has 0 unspecified atom stereocenters. The fourth-order valence-electron chi connectivity index (χ4n) is 1.05. The fourth-order valence-corrected chi connectivity index (χ4v) is 1.41. The molecule has 0 fully saturated rings. The monoisotopic (exact) mass is 346 g/mol. The van der Waals surface area contributed by atoms with Crippen molar-refractivity contribution < 1.29 is 18.0 Å². The van der Waals surface area contributed by atoms with E-state index in [2.05, 4.69) is 15.9 Å². The summed E-state index contributed by atoms with van der Waals surface area (Å²) < 4.78 is 39.2. The lowest BCUT2D eigenvalue weighted by atomic mass is 10.2. The van der Waals surface area contributed by atoms with E-state index in [1.807, 2.05) is 5.32 Å². The highest BCUT2D eigenvalue weighted by molar-refractivity contribution is 9.10. The molecular weight excluding hydrogens is 336 g/mol. The molecule has 0 aliphatic rings. The van der Waals surface area contributed by atoms with Crippen LogP contribution in [0.1, 0.15) is 10.4 Å². The third kappa shape index (κ3) is 4.83. The van der Waals surface area contributed by atoms with Crippen molar-refractivity contribution in [1.82, 2.24) is 5.32 Å². The number of hydrogen-bond acceptors (Lipinski definition) is 2. The van der Waals surface area contributed by atoms with Crippen molar-refractivity contribution in [2.24, 2.45) is 5.73 Å². The van der Waals surface area contributed by atoms with Gasteiger partial charge in [0.1, 0.15) is 5.82 Å². The number of amides is 1. The third-order valence-electron chi connectivity index (χ3n) is 1.98. The van der Waals surface area contributed by atoms with Crippen molar-refractivity contribution in [2.45, 2.75) is 5.92 Å². The highest BCUT2D eigenvalue weighted by Crippen LogP contribution is 2.16. The summed E-state index contributed by atoms with van der Waals surface area (Å²) in [5, 5.41) is 1.93. The van der Waals surface area contributed by atoms with Gasteiger partial charge >= 0.3 is 0 Å². The summed E-state index contributed by atoms with van der Waals surface area (Å²) >= 11 is 3.05. The lowest BCUT2D eigenvalue weighted by molar-refractivity contribution is 0.0118. The van der Waals surface area contributed by atoms with Gasteiger partial charge in [-0.3, -0.25) is 4.79 Å². The second-order valence-electron chi connectivity index (χ2n) is 3.37. The highest BCUT2D eigenvalue weighted by atomic mass is 79.9. The van der Waals surface area contributed by atoms with E-state index in [1.54, 1.807) is 0 Å². The molecule has 3 N–H and O–H groups in total. The summed E-state index contributed by atoms with van der Waals surface area (Å²) in [7, 11) is 0. The van der Waals surface area contributed by atoms with Crippen molar-refractivity contribution >= 4 is 34.2 Å². The second kappa shape index (κ2) is 6.96. The molecule has 1 rings (SSSR count). The van der Waals surface area contributed by atoms with Crippen LogP contribution in [0.15, 0.2) is 22.7 Å². The Kier molecular flexibility index (Phi) is 6.66. The number of halogens is 5. The van der Waals surface area contributed by atoms with E-state index >= 15 is 0 Å². The Morgan fingerprint density at radius 3 is 2.61 bits per heavy atom. The first kappa shape index (κ1) is 17.2. The maximum atomic E-state index is 13.2. The third-order valence-corrected chi connectivity index (χ3v) is 2.47. The molecule has 3 nitrogen and oxygen atoms in total. The van der Waals surface area contributed by atoms with Gasteiger partial charge in [-0.25, -0.2) is 13.2 Å². The molecule has 0 atom stereocenters. The molecule has 1 amide bonds. The van der Waals surface area contributed by atoms with Crippen LogP contribution in [-0.4, -0.2) is 24.9 Å². The first-order valence-electron chi connectivity index (χ1n) is 4.67. The lowest BCUT2D eigenvalue weighted by Crippen LogP contribution is -2.41. The molecule has 0 saturated carbocycles. The Morgan fingerprint density at radius 2 is 2.06 bits per heavy atom. The topological polar surface area (TPSA) is 55.1 Å². The van der Waals surface area contributed by atoms with E-state index in [4.69, 9.17) is 5.73 Å². The first-order chi connectivity index (χ1) is 7.85. The van der Waals surface area contributed by atoms with E-state index in [9.17, 15) is 18.0 Å². The van der Waals surface area contributed by atoms with E-state index < -0.39 is 30.7 Å². The molecule has 1 aromatic rings. The van der Waals surface area contributed by atoms with Crippen LogP contribution in [0.5, 0.6) is 0 Å². The average molecular weight is 348 g/mol. The normalized spacial score (nSPS) is 10.7. The molecule has 1 aromatic carbocycles. The zero-order chi connectivity index (χ0) is 13.1. The number of carbonyl (C=O) groups excluding carboxylic acids is 1. The fraction of sp³-hybridized carbons (Fsp3) is 0.300. The number of benzene rings is 1. The Morgan fingerprint density at radius 1 is 1.44 bits per heavy atom. The number of carbonyl (C=O) groups is 1. The van der Waals surface area contributed by atoms with Crippen molar-refractivity contribution in [3.05, 3.63) is 34.1 Å². The van der Waals surface area contributed by atoms with Crippen molar-refractivity contribution in [3.8, 4) is 0 Å². The van der Waals surface area contributed by atoms with E-state index in [0.717, 1.165) is 6.07 Å². The lowest BCUT2D eigenvalue weighted by Gasteiger charge is -2.14. The summed E-state index contributed by atoms with van der Waals surface area (Å²) in [6.45, 7) is -1.80. The maximum Gasteiger partial charge on any atom is 0.277 e. The largest absolute Gasteiger partial charge is 0.346 e. The molecule has 0 saturated heterocycles. The number of nitrogens with one attached hydrogen (secondary N) is 1. The average Bonchev–Trinajstić information content (AvgIpc) is 2.29. The van der Waals surface area contributed by atoms with Gasteiger partial charge in [0.15, 0.2) is 0 Å². The van der Waals surface area contributed by atoms with Crippen molar-refractivity contribution in [1.29, 1.82) is 0 Å². The number of hydrogen-bond donors (Lipinski definition) is 2. The zero-order valence-corrected chi connectivity index (χ0v) is 11.5. The van der Waals surface area contributed by atoms with Gasteiger partial charge in [0, 0.05) is 4.47 Å². The van der Waals surface area contributed by atoms with Gasteiger partial charge in [0.2, 0.25) is 0 Å². The molecule has 0 aromatic heterocycles. The van der Waals surface area contributed by atoms with E-state index in [-0.39, 0.29) is 18.0 Å². The molecule has 0 radical (unpaired) electrons. The Balaban J connectivity index is 0.00000289. The quantitative estimate of drug-likeness (QED) is 0.878. The van der Waals surface area contributed by atoms with Gasteiger partial charge in [0.25, 0.3) is 11.8 Å². The number of nitrogens with two attached hydrogens (primary N) is 1. The van der Waals surface area contributed by atoms with Gasteiger partial charge in [0.05, 0.1) is 18.7 Å². The summed E-state index contributed by atoms with van der Waals surface area (Å²) in [6, 6.07) is 3.69. The van der Waals surface area contributed by atoms with Gasteiger partial charge in [-0.1, -0.05) is 15.9 Å². The molecule has 0 bridgehead atoms. The van der Waals surface area contributed by atoms with Crippen LogP contribution in [-0.2, 0) is 0 Å². The SMILES string of the molecule is Cl.NCC(F)(F)CNC(=O)c1cc(Br)ccc1F. The molecule has 0 spiro atoms. The molecule has 0 aliphatic carbocycles. The minimum Gasteiger partial charge on any atom is -0.346 e. The summed E-state index contributed by atoms with van der Waals surface area (Å²) in [4.78, 5) is 11.4. The Labute approximate surface area is 116 Å². The maximum absolute atomic E-state index is 13.2. The highest BCUT2D eigenvalue weighted by Gasteiger charge is 2.27. The van der Waals surface area contributed by atoms with E-state index in [1.165, 1.54) is 12.1 Å². The van der Waals surface area contributed by atoms with Crippen LogP contribution in [0.2, 0.25) is 0 Å². The summed E-state index contributed by atoms with van der Waals surface area (Å²) in [5.74, 6) is -4.88. The van der Waals surface area contributed by atoms with E-state index in [0.29, 0.717) is 4.47 Å². The van der Waals surface area contributed by atoms with Gasteiger partial charge in [-0.2, -0.15) is 0 Å². The Bertz CT molecular complexity index is 432. The Hall–Kier alpha value is -0.790. The minimum absolute atomic E-state index is 0. The predicted octanol–water partition coefficient (Wildman–Crippen LogP) is 2.33. The van der Waals surface area contributed by atoms with Crippen molar-refractivity contribution in [3.63, 3.8) is 0 Å². The molecule has 18 heavy (non-hydrogen) atoms. The zero-order valence-electron chi connectivity index (χ0n) is 9.05. The molecule has 8 heteroatoms. The first-order valence-corrected chi connectivity index (χ1v) is 5.46. The van der Waals surface area contributed by atoms with Crippen LogP contribution >= 0.6 is 28.3 Å². The van der Waals surface area contributed by atoms with Crippen LogP contribution in [0.3, 0.4) is 0 Å². The van der Waals surface area contributed by atoms with Crippen molar-refractivity contribution in [2.75, 3.05) is 13.1 Å². The van der Waals surface area contributed by atoms with Gasteiger partial charge in [-0.05, 0) is 18.2 Å². The molecule has 0 heterocycles. The van der Waals surface area contributed by atoms with Crippen LogP contribution in [0, 0.1) is 5.82 Å². The van der Waals surface area contributed by atoms with Gasteiger partial charge < -0.3 is 11.1 Å².